The van der Waals surface area contributed by atoms with E-state index in [1.807, 2.05) is 16.3 Å². The SMILES string of the molecule is O=C(C1CCCN1Cc1cc(Cl)cs1)N1CCNCC1. The molecule has 1 N–H and O–H groups in total. The van der Waals surface area contributed by atoms with E-state index in [2.05, 4.69) is 10.2 Å². The van der Waals surface area contributed by atoms with E-state index >= 15 is 0 Å². The van der Waals surface area contributed by atoms with Crippen molar-refractivity contribution in [2.75, 3.05) is 32.7 Å². The number of nitrogens with one attached hydrogen (secondary N) is 1. The molecule has 6 heteroatoms. The first-order chi connectivity index (χ1) is 9.74. The number of piperazine rings is 1. The number of hydrogen-bond donors (Lipinski definition) is 1. The minimum atomic E-state index is 0.0639. The van der Waals surface area contributed by atoms with Crippen molar-refractivity contribution < 1.29 is 4.79 Å². The summed E-state index contributed by atoms with van der Waals surface area (Å²) in [4.78, 5) is 18.2. The van der Waals surface area contributed by atoms with Crippen LogP contribution in [0.2, 0.25) is 5.02 Å². The second kappa shape index (κ2) is 6.43. The smallest absolute Gasteiger partial charge is 0.240 e. The quantitative estimate of drug-likeness (QED) is 0.924. The zero-order valence-corrected chi connectivity index (χ0v) is 13.1. The number of thiophene rings is 1. The number of rotatable bonds is 3. The van der Waals surface area contributed by atoms with Crippen LogP contribution in [-0.2, 0) is 11.3 Å². The molecule has 2 saturated heterocycles. The van der Waals surface area contributed by atoms with E-state index < -0.39 is 0 Å². The van der Waals surface area contributed by atoms with E-state index in [1.165, 1.54) is 4.88 Å². The summed E-state index contributed by atoms with van der Waals surface area (Å²) in [7, 11) is 0. The van der Waals surface area contributed by atoms with Gasteiger partial charge in [-0.15, -0.1) is 11.3 Å². The maximum absolute atomic E-state index is 12.6. The van der Waals surface area contributed by atoms with Crippen LogP contribution in [0.4, 0.5) is 0 Å². The molecule has 0 aliphatic carbocycles. The molecule has 1 amide bonds. The Hall–Kier alpha value is -0.620. The molecule has 1 atom stereocenters. The lowest BCUT2D eigenvalue weighted by Gasteiger charge is -2.32. The van der Waals surface area contributed by atoms with Gasteiger partial charge in [-0.25, -0.2) is 0 Å². The number of carbonyl (C=O) groups excluding carboxylic acids is 1. The molecule has 4 nitrogen and oxygen atoms in total. The molecule has 1 aromatic heterocycles. The number of likely N-dealkylation sites (tertiary alicyclic amines) is 1. The van der Waals surface area contributed by atoms with Crippen LogP contribution in [0.25, 0.3) is 0 Å². The number of amides is 1. The average molecular weight is 314 g/mol. The summed E-state index contributed by atoms with van der Waals surface area (Å²) in [6, 6.07) is 2.07. The third-order valence-corrected chi connectivity index (χ3v) is 5.33. The Bertz CT molecular complexity index is 473. The van der Waals surface area contributed by atoms with Gasteiger partial charge in [0, 0.05) is 43.0 Å². The van der Waals surface area contributed by atoms with Gasteiger partial charge in [0.2, 0.25) is 5.91 Å². The standard InChI is InChI=1S/C14H20ClN3OS/c15-11-8-12(20-10-11)9-18-5-1-2-13(18)14(19)17-6-3-16-4-7-17/h8,10,13,16H,1-7,9H2. The summed E-state index contributed by atoms with van der Waals surface area (Å²) in [6.45, 7) is 5.37. The number of nitrogens with zero attached hydrogens (tertiary/aromatic N) is 2. The van der Waals surface area contributed by atoms with Crippen molar-refractivity contribution in [3.63, 3.8) is 0 Å². The highest BCUT2D eigenvalue weighted by molar-refractivity contribution is 7.10. The molecule has 0 bridgehead atoms. The zero-order valence-electron chi connectivity index (χ0n) is 11.5. The van der Waals surface area contributed by atoms with E-state index in [0.717, 1.165) is 57.1 Å². The summed E-state index contributed by atoms with van der Waals surface area (Å²) in [5.41, 5.74) is 0. The number of hydrogen-bond acceptors (Lipinski definition) is 4. The van der Waals surface area contributed by atoms with Gasteiger partial charge in [0.05, 0.1) is 11.1 Å². The maximum Gasteiger partial charge on any atom is 0.240 e. The highest BCUT2D eigenvalue weighted by Crippen LogP contribution is 2.26. The summed E-state index contributed by atoms with van der Waals surface area (Å²) in [5, 5.41) is 6.05. The van der Waals surface area contributed by atoms with Gasteiger partial charge in [-0.3, -0.25) is 9.69 Å². The van der Waals surface area contributed by atoms with Gasteiger partial charge in [0.1, 0.15) is 0 Å². The van der Waals surface area contributed by atoms with Gasteiger partial charge in [-0.2, -0.15) is 0 Å². The Kier molecular flexibility index (Phi) is 4.61. The topological polar surface area (TPSA) is 35.6 Å². The van der Waals surface area contributed by atoms with Crippen LogP contribution in [0.3, 0.4) is 0 Å². The van der Waals surface area contributed by atoms with Crippen LogP contribution >= 0.6 is 22.9 Å². The van der Waals surface area contributed by atoms with E-state index in [1.54, 1.807) is 11.3 Å². The third-order valence-electron chi connectivity index (χ3n) is 4.06. The first-order valence-electron chi connectivity index (χ1n) is 7.20. The molecule has 0 spiro atoms. The van der Waals surface area contributed by atoms with Crippen molar-refractivity contribution in [2.45, 2.75) is 25.4 Å². The van der Waals surface area contributed by atoms with Gasteiger partial charge in [0.25, 0.3) is 0 Å². The van der Waals surface area contributed by atoms with E-state index in [-0.39, 0.29) is 6.04 Å². The molecule has 2 aliphatic rings. The predicted molar refractivity (Wildman–Crippen MR) is 82.2 cm³/mol. The van der Waals surface area contributed by atoms with Crippen LogP contribution in [0.5, 0.6) is 0 Å². The first kappa shape index (κ1) is 14.3. The molecule has 3 heterocycles. The average Bonchev–Trinajstić information content (AvgIpc) is 3.09. The van der Waals surface area contributed by atoms with Gasteiger partial charge in [-0.05, 0) is 25.5 Å². The Morgan fingerprint density at radius 3 is 2.90 bits per heavy atom. The highest BCUT2D eigenvalue weighted by Gasteiger charge is 2.34. The molecule has 1 aromatic rings. The molecule has 1 unspecified atom stereocenters. The van der Waals surface area contributed by atoms with Crippen LogP contribution in [0, 0.1) is 0 Å². The van der Waals surface area contributed by atoms with Crippen molar-refractivity contribution >= 4 is 28.8 Å². The van der Waals surface area contributed by atoms with Crippen LogP contribution < -0.4 is 5.32 Å². The molecule has 2 aliphatic heterocycles. The maximum atomic E-state index is 12.6. The Balaban J connectivity index is 1.63. The lowest BCUT2D eigenvalue weighted by atomic mass is 10.1. The fourth-order valence-electron chi connectivity index (χ4n) is 3.03. The Labute approximate surface area is 128 Å². The van der Waals surface area contributed by atoms with Crippen molar-refractivity contribution in [1.82, 2.24) is 15.1 Å². The molecule has 20 heavy (non-hydrogen) atoms. The lowest BCUT2D eigenvalue weighted by molar-refractivity contribution is -0.136. The van der Waals surface area contributed by atoms with Crippen molar-refractivity contribution in [3.8, 4) is 0 Å². The molecular weight excluding hydrogens is 294 g/mol. The van der Waals surface area contributed by atoms with Crippen molar-refractivity contribution in [3.05, 3.63) is 21.3 Å². The van der Waals surface area contributed by atoms with Crippen LogP contribution in [0.1, 0.15) is 17.7 Å². The third kappa shape index (κ3) is 3.17. The zero-order chi connectivity index (χ0) is 13.9. The van der Waals surface area contributed by atoms with E-state index in [9.17, 15) is 4.79 Å². The minimum Gasteiger partial charge on any atom is -0.339 e. The van der Waals surface area contributed by atoms with Crippen LogP contribution in [-0.4, -0.2) is 54.5 Å². The molecule has 0 aromatic carbocycles. The predicted octanol–water partition coefficient (Wildman–Crippen LogP) is 1.80. The van der Waals surface area contributed by atoms with Gasteiger partial charge < -0.3 is 10.2 Å². The van der Waals surface area contributed by atoms with E-state index in [0.29, 0.717) is 5.91 Å². The molecule has 2 fully saturated rings. The van der Waals surface area contributed by atoms with Crippen molar-refractivity contribution in [1.29, 1.82) is 0 Å². The monoisotopic (exact) mass is 313 g/mol. The Morgan fingerprint density at radius 1 is 1.40 bits per heavy atom. The number of halogens is 1. The number of carbonyl (C=O) groups is 1. The molecule has 0 saturated carbocycles. The van der Waals surface area contributed by atoms with E-state index in [4.69, 9.17) is 11.6 Å². The second-order valence-corrected chi connectivity index (χ2v) is 6.87. The summed E-state index contributed by atoms with van der Waals surface area (Å²) >= 11 is 7.65. The van der Waals surface area contributed by atoms with Gasteiger partial charge in [0.15, 0.2) is 0 Å². The molecule has 0 radical (unpaired) electrons. The summed E-state index contributed by atoms with van der Waals surface area (Å²) < 4.78 is 0. The molecule has 3 rings (SSSR count). The normalized spacial score (nSPS) is 24.2. The summed E-state index contributed by atoms with van der Waals surface area (Å²) in [5.74, 6) is 0.312. The lowest BCUT2D eigenvalue weighted by Crippen LogP contribution is -2.52. The fourth-order valence-corrected chi connectivity index (χ4v) is 4.13. The van der Waals surface area contributed by atoms with Gasteiger partial charge >= 0.3 is 0 Å². The largest absolute Gasteiger partial charge is 0.339 e. The summed E-state index contributed by atoms with van der Waals surface area (Å²) in [6.07, 6.45) is 2.10. The molecule has 110 valence electrons. The second-order valence-electron chi connectivity index (χ2n) is 5.44. The first-order valence-corrected chi connectivity index (χ1v) is 8.46. The van der Waals surface area contributed by atoms with Crippen molar-refractivity contribution in [2.24, 2.45) is 0 Å². The molecular formula is C14H20ClN3OS. The fraction of sp³-hybridized carbons (Fsp3) is 0.643. The Morgan fingerprint density at radius 2 is 2.20 bits per heavy atom. The minimum absolute atomic E-state index is 0.0639. The van der Waals surface area contributed by atoms with Crippen LogP contribution in [0.15, 0.2) is 11.4 Å². The highest BCUT2D eigenvalue weighted by atomic mass is 35.5. The van der Waals surface area contributed by atoms with Gasteiger partial charge in [-0.1, -0.05) is 11.6 Å².